The van der Waals surface area contributed by atoms with Crippen LogP contribution in [-0.2, 0) is 0 Å². The number of rotatable bonds is 4. The summed E-state index contributed by atoms with van der Waals surface area (Å²) in [6.45, 7) is 5.05. The molecule has 1 fully saturated rings. The van der Waals surface area contributed by atoms with E-state index in [1.54, 1.807) is 0 Å². The first kappa shape index (κ1) is 12.2. The van der Waals surface area contributed by atoms with E-state index >= 15 is 0 Å². The molecule has 0 saturated heterocycles. The van der Waals surface area contributed by atoms with Crippen molar-refractivity contribution in [3.63, 3.8) is 0 Å². The fourth-order valence-corrected chi connectivity index (χ4v) is 2.44. The van der Waals surface area contributed by atoms with E-state index in [0.29, 0.717) is 6.04 Å². The van der Waals surface area contributed by atoms with Crippen molar-refractivity contribution >= 4 is 11.5 Å². The fourth-order valence-electron chi connectivity index (χ4n) is 2.44. The molecule has 0 spiro atoms. The first-order valence-electron chi connectivity index (χ1n) is 6.77. The quantitative estimate of drug-likeness (QED) is 0.835. The van der Waals surface area contributed by atoms with Crippen molar-refractivity contribution in [1.29, 1.82) is 0 Å². The van der Waals surface area contributed by atoms with Crippen LogP contribution >= 0.6 is 0 Å². The Morgan fingerprint density at radius 3 is 2.71 bits per heavy atom. The molecule has 17 heavy (non-hydrogen) atoms. The highest BCUT2D eigenvalue weighted by molar-refractivity contribution is 5.64. The number of aryl methyl sites for hydroxylation is 1. The lowest BCUT2D eigenvalue weighted by molar-refractivity contribution is 0.463. The molecule has 2 rings (SSSR count). The Morgan fingerprint density at radius 1 is 1.24 bits per heavy atom. The van der Waals surface area contributed by atoms with Crippen molar-refractivity contribution in [2.45, 2.75) is 52.0 Å². The van der Waals surface area contributed by atoms with E-state index in [4.69, 9.17) is 0 Å². The van der Waals surface area contributed by atoms with Gasteiger partial charge >= 0.3 is 0 Å². The molecular formula is C14H23N3. The van der Waals surface area contributed by atoms with Crippen LogP contribution in [0.15, 0.2) is 12.1 Å². The first-order chi connectivity index (χ1) is 8.29. The maximum atomic E-state index is 4.55. The molecule has 1 aromatic heterocycles. The second kappa shape index (κ2) is 5.89. The maximum absolute atomic E-state index is 4.55. The zero-order valence-electron chi connectivity index (χ0n) is 10.9. The summed E-state index contributed by atoms with van der Waals surface area (Å²) in [5.41, 5.74) is 2.22. The van der Waals surface area contributed by atoms with Gasteiger partial charge in [-0.05, 0) is 38.8 Å². The van der Waals surface area contributed by atoms with E-state index in [1.807, 2.05) is 6.92 Å². The van der Waals surface area contributed by atoms with Crippen molar-refractivity contribution in [2.24, 2.45) is 0 Å². The van der Waals surface area contributed by atoms with E-state index < -0.39 is 0 Å². The van der Waals surface area contributed by atoms with Crippen LogP contribution in [0.3, 0.4) is 0 Å². The minimum Gasteiger partial charge on any atom is -0.379 e. The van der Waals surface area contributed by atoms with Gasteiger partial charge in [-0.2, -0.15) is 0 Å². The number of pyridine rings is 1. The number of anilines is 2. The van der Waals surface area contributed by atoms with Crippen molar-refractivity contribution in [1.82, 2.24) is 4.98 Å². The second-order valence-corrected chi connectivity index (χ2v) is 4.86. The van der Waals surface area contributed by atoms with E-state index in [1.165, 1.54) is 32.1 Å². The standard InChI is InChI=1S/C14H23N3/c1-3-15-14-13(10-9-11(2)16-14)17-12-7-5-4-6-8-12/h9-10,12,17H,3-8H2,1-2H3,(H,15,16). The molecule has 0 aliphatic heterocycles. The molecular weight excluding hydrogens is 210 g/mol. The van der Waals surface area contributed by atoms with Gasteiger partial charge in [-0.15, -0.1) is 0 Å². The van der Waals surface area contributed by atoms with Crippen molar-refractivity contribution < 1.29 is 0 Å². The molecule has 1 heterocycles. The number of nitrogens with one attached hydrogen (secondary N) is 2. The Kier molecular flexibility index (Phi) is 4.24. The molecule has 1 aliphatic carbocycles. The number of nitrogens with zero attached hydrogens (tertiary/aromatic N) is 1. The molecule has 0 bridgehead atoms. The molecule has 2 N–H and O–H groups in total. The molecule has 3 heteroatoms. The van der Waals surface area contributed by atoms with Gasteiger partial charge in [0.15, 0.2) is 0 Å². The summed E-state index contributed by atoms with van der Waals surface area (Å²) in [6, 6.07) is 4.85. The summed E-state index contributed by atoms with van der Waals surface area (Å²) in [5, 5.41) is 6.97. The lowest BCUT2D eigenvalue weighted by Gasteiger charge is -2.25. The molecule has 1 saturated carbocycles. The van der Waals surface area contributed by atoms with Gasteiger partial charge in [0, 0.05) is 18.3 Å². The Hall–Kier alpha value is -1.25. The third-order valence-electron chi connectivity index (χ3n) is 3.34. The smallest absolute Gasteiger partial charge is 0.149 e. The molecule has 0 unspecified atom stereocenters. The van der Waals surface area contributed by atoms with Gasteiger partial charge in [0.2, 0.25) is 0 Å². The zero-order chi connectivity index (χ0) is 12.1. The SMILES string of the molecule is CCNc1nc(C)ccc1NC1CCCCC1. The Bertz CT molecular complexity index is 356. The van der Waals surface area contributed by atoms with Gasteiger partial charge in [0.1, 0.15) is 5.82 Å². The van der Waals surface area contributed by atoms with Gasteiger partial charge in [-0.3, -0.25) is 0 Å². The van der Waals surface area contributed by atoms with E-state index in [9.17, 15) is 0 Å². The maximum Gasteiger partial charge on any atom is 0.149 e. The third-order valence-corrected chi connectivity index (χ3v) is 3.34. The van der Waals surface area contributed by atoms with E-state index in [0.717, 1.165) is 23.7 Å². The molecule has 0 atom stereocenters. The van der Waals surface area contributed by atoms with Gasteiger partial charge < -0.3 is 10.6 Å². The average molecular weight is 233 g/mol. The summed E-state index contributed by atoms with van der Waals surface area (Å²) in [7, 11) is 0. The Morgan fingerprint density at radius 2 is 2.00 bits per heavy atom. The highest BCUT2D eigenvalue weighted by Gasteiger charge is 2.14. The molecule has 3 nitrogen and oxygen atoms in total. The minimum atomic E-state index is 0.630. The normalized spacial score (nSPS) is 16.8. The fraction of sp³-hybridized carbons (Fsp3) is 0.643. The number of aromatic nitrogens is 1. The molecule has 0 radical (unpaired) electrons. The Balaban J connectivity index is 2.07. The predicted octanol–water partition coefficient (Wildman–Crippen LogP) is 3.57. The summed E-state index contributed by atoms with van der Waals surface area (Å²) >= 11 is 0. The summed E-state index contributed by atoms with van der Waals surface area (Å²) in [5.74, 6) is 0.998. The lowest BCUT2D eigenvalue weighted by Crippen LogP contribution is -2.23. The van der Waals surface area contributed by atoms with Gasteiger partial charge in [-0.1, -0.05) is 19.3 Å². The first-order valence-corrected chi connectivity index (χ1v) is 6.77. The van der Waals surface area contributed by atoms with E-state index in [-0.39, 0.29) is 0 Å². The average Bonchev–Trinajstić information content (AvgIpc) is 2.34. The highest BCUT2D eigenvalue weighted by atomic mass is 15.0. The molecule has 94 valence electrons. The zero-order valence-corrected chi connectivity index (χ0v) is 10.9. The highest BCUT2D eigenvalue weighted by Crippen LogP contribution is 2.25. The minimum absolute atomic E-state index is 0.630. The van der Waals surface area contributed by atoms with Crippen molar-refractivity contribution in [2.75, 3.05) is 17.2 Å². The van der Waals surface area contributed by atoms with Crippen LogP contribution < -0.4 is 10.6 Å². The van der Waals surface area contributed by atoms with Crippen LogP contribution in [0.5, 0.6) is 0 Å². The van der Waals surface area contributed by atoms with Crippen LogP contribution in [0, 0.1) is 6.92 Å². The number of hydrogen-bond acceptors (Lipinski definition) is 3. The summed E-state index contributed by atoms with van der Waals surface area (Å²) < 4.78 is 0. The largest absolute Gasteiger partial charge is 0.379 e. The van der Waals surface area contributed by atoms with Gasteiger partial charge in [-0.25, -0.2) is 4.98 Å². The molecule has 1 aliphatic rings. The molecule has 0 aromatic carbocycles. The van der Waals surface area contributed by atoms with Crippen molar-refractivity contribution in [3.8, 4) is 0 Å². The number of hydrogen-bond donors (Lipinski definition) is 2. The topological polar surface area (TPSA) is 37.0 Å². The predicted molar refractivity (Wildman–Crippen MR) is 73.6 cm³/mol. The van der Waals surface area contributed by atoms with Crippen LogP contribution in [0.4, 0.5) is 11.5 Å². The lowest BCUT2D eigenvalue weighted by atomic mass is 9.95. The van der Waals surface area contributed by atoms with Crippen LogP contribution in [-0.4, -0.2) is 17.6 Å². The second-order valence-electron chi connectivity index (χ2n) is 4.86. The summed E-state index contributed by atoms with van der Waals surface area (Å²) in [6.07, 6.45) is 6.68. The van der Waals surface area contributed by atoms with E-state index in [2.05, 4.69) is 34.7 Å². The third kappa shape index (κ3) is 3.35. The summed E-state index contributed by atoms with van der Waals surface area (Å²) in [4.78, 5) is 4.55. The van der Waals surface area contributed by atoms with Crippen LogP contribution in [0.2, 0.25) is 0 Å². The molecule has 0 amide bonds. The van der Waals surface area contributed by atoms with Gasteiger partial charge in [0.05, 0.1) is 5.69 Å². The molecule has 1 aromatic rings. The van der Waals surface area contributed by atoms with Crippen molar-refractivity contribution in [3.05, 3.63) is 17.8 Å². The van der Waals surface area contributed by atoms with Crippen LogP contribution in [0.1, 0.15) is 44.7 Å². The Labute approximate surface area is 104 Å². The monoisotopic (exact) mass is 233 g/mol. The van der Waals surface area contributed by atoms with Gasteiger partial charge in [0.25, 0.3) is 0 Å². The van der Waals surface area contributed by atoms with Crippen LogP contribution in [0.25, 0.3) is 0 Å².